The van der Waals surface area contributed by atoms with Crippen molar-refractivity contribution < 1.29 is 0 Å². The fraction of sp³-hybridized carbons (Fsp3) is 0.455. The van der Waals surface area contributed by atoms with Crippen LogP contribution in [0.5, 0.6) is 0 Å². The lowest BCUT2D eigenvalue weighted by Crippen LogP contribution is -2.17. The summed E-state index contributed by atoms with van der Waals surface area (Å²) in [5.74, 6) is 2.63. The molecule has 0 unspecified atom stereocenters. The summed E-state index contributed by atoms with van der Waals surface area (Å²) in [5, 5.41) is 5.49. The highest BCUT2D eigenvalue weighted by Crippen LogP contribution is 2.07. The molecule has 0 aliphatic heterocycles. The van der Waals surface area contributed by atoms with Crippen LogP contribution in [0.3, 0.4) is 0 Å². The van der Waals surface area contributed by atoms with E-state index >= 15 is 0 Å². The Balaban J connectivity index is 1.94. The first-order valence-electron chi connectivity index (χ1n) is 4.60. The maximum Gasteiger partial charge on any atom is 0.00981 e. The SMILES string of the molecule is C#CCCCNCCc1cccs1. The van der Waals surface area contributed by atoms with E-state index in [4.69, 9.17) is 6.42 Å². The van der Waals surface area contributed by atoms with Crippen molar-refractivity contribution >= 4 is 11.3 Å². The Kier molecular flexibility index (Phi) is 5.31. The van der Waals surface area contributed by atoms with Gasteiger partial charge in [-0.1, -0.05) is 6.07 Å². The zero-order chi connectivity index (χ0) is 9.36. The van der Waals surface area contributed by atoms with Gasteiger partial charge in [-0.15, -0.1) is 23.7 Å². The molecular weight excluding hydrogens is 178 g/mol. The average molecular weight is 193 g/mol. The second-order valence-corrected chi connectivity index (χ2v) is 3.92. The van der Waals surface area contributed by atoms with Gasteiger partial charge in [-0.3, -0.25) is 0 Å². The molecule has 0 radical (unpaired) electrons. The molecule has 0 fully saturated rings. The number of hydrogen-bond donors (Lipinski definition) is 1. The Morgan fingerprint density at radius 1 is 1.46 bits per heavy atom. The zero-order valence-corrected chi connectivity index (χ0v) is 8.57. The number of unbranched alkanes of at least 4 members (excludes halogenated alkanes) is 1. The highest BCUT2D eigenvalue weighted by molar-refractivity contribution is 7.09. The molecule has 0 aliphatic rings. The van der Waals surface area contributed by atoms with E-state index in [-0.39, 0.29) is 0 Å². The lowest BCUT2D eigenvalue weighted by atomic mass is 10.3. The van der Waals surface area contributed by atoms with Gasteiger partial charge in [0, 0.05) is 11.3 Å². The molecule has 13 heavy (non-hydrogen) atoms. The number of hydrogen-bond acceptors (Lipinski definition) is 2. The highest BCUT2D eigenvalue weighted by atomic mass is 32.1. The van der Waals surface area contributed by atoms with Crippen LogP contribution in [0, 0.1) is 12.3 Å². The van der Waals surface area contributed by atoms with Gasteiger partial charge in [0.1, 0.15) is 0 Å². The van der Waals surface area contributed by atoms with E-state index in [9.17, 15) is 0 Å². The van der Waals surface area contributed by atoms with Crippen molar-refractivity contribution in [3.05, 3.63) is 22.4 Å². The van der Waals surface area contributed by atoms with Crippen LogP contribution in [0.25, 0.3) is 0 Å². The van der Waals surface area contributed by atoms with Gasteiger partial charge in [0.25, 0.3) is 0 Å². The maximum absolute atomic E-state index is 5.14. The Bertz CT molecular complexity index is 246. The van der Waals surface area contributed by atoms with Crippen molar-refractivity contribution in [1.82, 2.24) is 5.32 Å². The normalized spacial score (nSPS) is 9.77. The molecule has 1 heterocycles. The molecule has 70 valence electrons. The molecule has 0 amide bonds. The Labute approximate surface area is 84.2 Å². The van der Waals surface area contributed by atoms with Crippen molar-refractivity contribution in [1.29, 1.82) is 0 Å². The van der Waals surface area contributed by atoms with E-state index in [1.54, 1.807) is 0 Å². The van der Waals surface area contributed by atoms with E-state index in [2.05, 4.69) is 28.8 Å². The fourth-order valence-electron chi connectivity index (χ4n) is 1.11. The number of rotatable bonds is 6. The van der Waals surface area contributed by atoms with E-state index in [1.165, 1.54) is 4.88 Å². The van der Waals surface area contributed by atoms with Crippen molar-refractivity contribution in [2.24, 2.45) is 0 Å². The third-order valence-corrected chi connectivity index (χ3v) is 2.74. The van der Waals surface area contributed by atoms with Crippen LogP contribution < -0.4 is 5.32 Å². The molecule has 0 aliphatic carbocycles. The van der Waals surface area contributed by atoms with Crippen molar-refractivity contribution in [3.63, 3.8) is 0 Å². The molecule has 1 aromatic rings. The lowest BCUT2D eigenvalue weighted by Gasteiger charge is -2.00. The number of nitrogens with one attached hydrogen (secondary N) is 1. The molecule has 0 bridgehead atoms. The zero-order valence-electron chi connectivity index (χ0n) is 7.75. The third kappa shape index (κ3) is 4.72. The van der Waals surface area contributed by atoms with Gasteiger partial charge in [0.15, 0.2) is 0 Å². The summed E-state index contributed by atoms with van der Waals surface area (Å²) >= 11 is 1.82. The van der Waals surface area contributed by atoms with Gasteiger partial charge in [-0.05, 0) is 37.4 Å². The van der Waals surface area contributed by atoms with Gasteiger partial charge < -0.3 is 5.32 Å². The predicted molar refractivity (Wildman–Crippen MR) is 59.0 cm³/mol. The third-order valence-electron chi connectivity index (χ3n) is 1.80. The van der Waals surface area contributed by atoms with Crippen LogP contribution in [0.4, 0.5) is 0 Å². The largest absolute Gasteiger partial charge is 0.316 e. The van der Waals surface area contributed by atoms with Crippen molar-refractivity contribution in [3.8, 4) is 12.3 Å². The van der Waals surface area contributed by atoms with E-state index in [1.807, 2.05) is 11.3 Å². The van der Waals surface area contributed by atoms with Crippen LogP contribution in [0.15, 0.2) is 17.5 Å². The Hall–Kier alpha value is -0.780. The quantitative estimate of drug-likeness (QED) is 0.540. The highest BCUT2D eigenvalue weighted by Gasteiger charge is 1.92. The summed E-state index contributed by atoms with van der Waals surface area (Å²) in [6.45, 7) is 2.10. The molecule has 0 atom stereocenters. The smallest absolute Gasteiger partial charge is 0.00981 e. The van der Waals surface area contributed by atoms with Gasteiger partial charge in [-0.2, -0.15) is 0 Å². The molecule has 0 saturated heterocycles. The average Bonchev–Trinajstić information content (AvgIpc) is 2.63. The van der Waals surface area contributed by atoms with Gasteiger partial charge in [-0.25, -0.2) is 0 Å². The van der Waals surface area contributed by atoms with Gasteiger partial charge >= 0.3 is 0 Å². The minimum atomic E-state index is 0.881. The molecule has 1 nitrogen and oxygen atoms in total. The summed E-state index contributed by atoms with van der Waals surface area (Å²) in [6, 6.07) is 4.27. The Morgan fingerprint density at radius 3 is 3.08 bits per heavy atom. The molecule has 1 rings (SSSR count). The van der Waals surface area contributed by atoms with Crippen LogP contribution in [-0.4, -0.2) is 13.1 Å². The molecule has 2 heteroatoms. The lowest BCUT2D eigenvalue weighted by molar-refractivity contribution is 0.659. The minimum Gasteiger partial charge on any atom is -0.316 e. The summed E-state index contributed by atoms with van der Waals surface area (Å²) in [7, 11) is 0. The topological polar surface area (TPSA) is 12.0 Å². The van der Waals surface area contributed by atoms with Crippen LogP contribution in [0.2, 0.25) is 0 Å². The van der Waals surface area contributed by atoms with Crippen LogP contribution >= 0.6 is 11.3 Å². The second kappa shape index (κ2) is 6.71. The fourth-order valence-corrected chi connectivity index (χ4v) is 1.82. The van der Waals surface area contributed by atoms with Crippen LogP contribution in [-0.2, 0) is 6.42 Å². The van der Waals surface area contributed by atoms with Gasteiger partial charge in [0.2, 0.25) is 0 Å². The number of thiophene rings is 1. The van der Waals surface area contributed by atoms with E-state index in [0.29, 0.717) is 0 Å². The standard InChI is InChI=1S/C11H15NS/c1-2-3-4-8-12-9-7-11-6-5-10-13-11/h1,5-6,10,12H,3-4,7-9H2. The molecule has 1 N–H and O–H groups in total. The first-order valence-corrected chi connectivity index (χ1v) is 5.48. The monoisotopic (exact) mass is 193 g/mol. The molecular formula is C11H15NS. The number of terminal acetylenes is 1. The summed E-state index contributed by atoms with van der Waals surface area (Å²) < 4.78 is 0. The molecule has 0 saturated carbocycles. The first kappa shape index (κ1) is 10.3. The second-order valence-electron chi connectivity index (χ2n) is 2.89. The molecule has 1 aromatic heterocycles. The van der Waals surface area contributed by atoms with Crippen molar-refractivity contribution in [2.75, 3.05) is 13.1 Å². The van der Waals surface area contributed by atoms with Crippen LogP contribution in [0.1, 0.15) is 17.7 Å². The van der Waals surface area contributed by atoms with E-state index < -0.39 is 0 Å². The maximum atomic E-state index is 5.14. The van der Waals surface area contributed by atoms with E-state index in [0.717, 1.165) is 32.4 Å². The molecule has 0 aromatic carbocycles. The summed E-state index contributed by atoms with van der Waals surface area (Å²) in [4.78, 5) is 1.45. The summed E-state index contributed by atoms with van der Waals surface area (Å²) in [6.07, 6.45) is 8.24. The summed E-state index contributed by atoms with van der Waals surface area (Å²) in [5.41, 5.74) is 0. The predicted octanol–water partition coefficient (Wildman–Crippen LogP) is 2.29. The minimum absolute atomic E-state index is 0.881. The van der Waals surface area contributed by atoms with Crippen molar-refractivity contribution in [2.45, 2.75) is 19.3 Å². The van der Waals surface area contributed by atoms with Gasteiger partial charge in [0.05, 0.1) is 0 Å². The first-order chi connectivity index (χ1) is 6.43. The molecule has 0 spiro atoms. The Morgan fingerprint density at radius 2 is 2.38 bits per heavy atom.